The number of aromatic amines is 1. The summed E-state index contributed by atoms with van der Waals surface area (Å²) in [5, 5.41) is 20.4. The van der Waals surface area contributed by atoms with Crippen LogP contribution >= 0.6 is 11.6 Å². The van der Waals surface area contributed by atoms with E-state index in [2.05, 4.69) is 9.97 Å². The number of nitrogens with one attached hydrogen (secondary N) is 1. The molecule has 2 aromatic heterocycles. The third kappa shape index (κ3) is 4.49. The van der Waals surface area contributed by atoms with Gasteiger partial charge in [0.05, 0.1) is 30.4 Å². The predicted molar refractivity (Wildman–Crippen MR) is 111 cm³/mol. The number of hydrogen-bond donors (Lipinski definition) is 3. The second-order valence-corrected chi connectivity index (χ2v) is 7.32. The van der Waals surface area contributed by atoms with Crippen molar-refractivity contribution in [3.63, 3.8) is 0 Å². The van der Waals surface area contributed by atoms with E-state index < -0.39 is 17.4 Å². The Morgan fingerprint density at radius 3 is 2.70 bits per heavy atom. The Kier molecular flexibility index (Phi) is 6.47. The minimum Gasteiger partial charge on any atom is -0.507 e. The minimum atomic E-state index is -0.804. The normalized spacial score (nSPS) is 12.0. The van der Waals surface area contributed by atoms with Gasteiger partial charge in [0.2, 0.25) is 0 Å². The van der Waals surface area contributed by atoms with Crippen molar-refractivity contribution in [3.8, 4) is 11.5 Å². The number of ether oxygens (including phenoxy) is 1. The Morgan fingerprint density at radius 1 is 1.30 bits per heavy atom. The third-order valence-electron chi connectivity index (χ3n) is 5.00. The second-order valence-electron chi connectivity index (χ2n) is 6.91. The SMILES string of the molecule is COC(=O)CC(c1ccc(O)c(Cl)c1)c1c(O)cc(C)n(CCc2cnc[nH]2)c1=O. The number of phenols is 1. The zero-order valence-electron chi connectivity index (χ0n) is 16.6. The van der Waals surface area contributed by atoms with Gasteiger partial charge in [-0.05, 0) is 30.7 Å². The monoisotopic (exact) mass is 431 g/mol. The third-order valence-corrected chi connectivity index (χ3v) is 5.31. The number of aryl methyl sites for hydroxylation is 2. The highest BCUT2D eigenvalue weighted by molar-refractivity contribution is 6.32. The Labute approximate surface area is 177 Å². The molecule has 9 heteroatoms. The van der Waals surface area contributed by atoms with Crippen molar-refractivity contribution >= 4 is 17.6 Å². The van der Waals surface area contributed by atoms with E-state index in [-0.39, 0.29) is 28.5 Å². The number of carbonyl (C=O) groups excluding carboxylic acids is 1. The van der Waals surface area contributed by atoms with E-state index >= 15 is 0 Å². The molecule has 0 spiro atoms. The van der Waals surface area contributed by atoms with E-state index in [9.17, 15) is 19.8 Å². The largest absolute Gasteiger partial charge is 0.507 e. The number of benzene rings is 1. The standard InChI is InChI=1S/C21H22ClN3O5/c1-12-7-18(27)20(21(29)25(12)6-5-14-10-23-11-24-14)15(9-19(28)30-2)13-3-4-17(26)16(22)8-13/h3-4,7-8,10-11,15,26-27H,5-6,9H2,1-2H3,(H,23,24). The van der Waals surface area contributed by atoms with Crippen LogP contribution in [0.2, 0.25) is 5.02 Å². The van der Waals surface area contributed by atoms with Gasteiger partial charge in [-0.2, -0.15) is 0 Å². The zero-order valence-corrected chi connectivity index (χ0v) is 17.3. The van der Waals surface area contributed by atoms with Gasteiger partial charge in [-0.1, -0.05) is 17.7 Å². The summed E-state index contributed by atoms with van der Waals surface area (Å²) in [6.07, 6.45) is 3.61. The number of imidazole rings is 1. The van der Waals surface area contributed by atoms with Gasteiger partial charge in [-0.15, -0.1) is 0 Å². The summed E-state index contributed by atoms with van der Waals surface area (Å²) in [5.41, 5.74) is 1.61. The van der Waals surface area contributed by atoms with Gasteiger partial charge in [0.25, 0.3) is 5.56 Å². The quantitative estimate of drug-likeness (QED) is 0.495. The van der Waals surface area contributed by atoms with Gasteiger partial charge < -0.3 is 24.5 Å². The highest BCUT2D eigenvalue weighted by atomic mass is 35.5. The van der Waals surface area contributed by atoms with Crippen molar-refractivity contribution in [1.29, 1.82) is 0 Å². The molecular weight excluding hydrogens is 410 g/mol. The van der Waals surface area contributed by atoms with Crippen LogP contribution in [0.25, 0.3) is 0 Å². The van der Waals surface area contributed by atoms with Gasteiger partial charge in [-0.25, -0.2) is 4.98 Å². The molecule has 3 rings (SSSR count). The molecule has 0 fully saturated rings. The highest BCUT2D eigenvalue weighted by Crippen LogP contribution is 2.35. The van der Waals surface area contributed by atoms with E-state index in [4.69, 9.17) is 16.3 Å². The van der Waals surface area contributed by atoms with Crippen molar-refractivity contribution in [2.45, 2.75) is 32.2 Å². The maximum Gasteiger partial charge on any atom is 0.306 e. The highest BCUT2D eigenvalue weighted by Gasteiger charge is 2.27. The first-order valence-corrected chi connectivity index (χ1v) is 9.65. The first-order chi connectivity index (χ1) is 14.3. The van der Waals surface area contributed by atoms with Crippen LogP contribution < -0.4 is 5.56 Å². The van der Waals surface area contributed by atoms with Crippen LogP contribution in [0.4, 0.5) is 0 Å². The molecule has 0 saturated heterocycles. The summed E-state index contributed by atoms with van der Waals surface area (Å²) in [6, 6.07) is 5.90. The van der Waals surface area contributed by atoms with Crippen molar-refractivity contribution in [2.75, 3.05) is 7.11 Å². The fraction of sp³-hybridized carbons (Fsp3) is 0.286. The van der Waals surface area contributed by atoms with Gasteiger partial charge in [0, 0.05) is 36.5 Å². The Morgan fingerprint density at radius 2 is 2.07 bits per heavy atom. The summed E-state index contributed by atoms with van der Waals surface area (Å²) in [5.74, 6) is -1.69. The topological polar surface area (TPSA) is 117 Å². The van der Waals surface area contributed by atoms with E-state index in [0.29, 0.717) is 24.2 Å². The molecule has 1 aromatic carbocycles. The van der Waals surface area contributed by atoms with Crippen LogP contribution in [0.1, 0.15) is 34.9 Å². The number of rotatable bonds is 7. The number of phenolic OH excluding ortho intramolecular Hbond substituents is 1. The number of aromatic nitrogens is 3. The molecule has 30 heavy (non-hydrogen) atoms. The van der Waals surface area contributed by atoms with Gasteiger partial charge in [0.1, 0.15) is 11.5 Å². The minimum absolute atomic E-state index is 0.0670. The number of pyridine rings is 1. The molecule has 2 heterocycles. The number of halogens is 1. The number of esters is 1. The number of aromatic hydroxyl groups is 2. The first kappa shape index (κ1) is 21.4. The average molecular weight is 432 g/mol. The second kappa shape index (κ2) is 9.04. The molecule has 8 nitrogen and oxygen atoms in total. The van der Waals surface area contributed by atoms with E-state index in [1.54, 1.807) is 30.1 Å². The van der Waals surface area contributed by atoms with E-state index in [1.807, 2.05) is 0 Å². The maximum absolute atomic E-state index is 13.3. The Bertz CT molecular complexity index is 1110. The Hall–Kier alpha value is -3.26. The van der Waals surface area contributed by atoms with Gasteiger partial charge in [-0.3, -0.25) is 9.59 Å². The van der Waals surface area contributed by atoms with Crippen LogP contribution in [-0.2, 0) is 22.5 Å². The van der Waals surface area contributed by atoms with Crippen LogP contribution in [0, 0.1) is 6.92 Å². The maximum atomic E-state index is 13.3. The molecule has 1 unspecified atom stereocenters. The molecule has 0 amide bonds. The van der Waals surface area contributed by atoms with E-state index in [0.717, 1.165) is 5.69 Å². The summed E-state index contributed by atoms with van der Waals surface area (Å²) in [7, 11) is 1.25. The number of nitrogens with zero attached hydrogens (tertiary/aromatic N) is 2. The van der Waals surface area contributed by atoms with Crippen LogP contribution in [0.3, 0.4) is 0 Å². The lowest BCUT2D eigenvalue weighted by molar-refractivity contribution is -0.140. The Balaban J connectivity index is 2.09. The predicted octanol–water partition coefficient (Wildman–Crippen LogP) is 2.88. The summed E-state index contributed by atoms with van der Waals surface area (Å²) >= 11 is 6.04. The molecule has 158 valence electrons. The van der Waals surface area contributed by atoms with Crippen molar-refractivity contribution in [1.82, 2.24) is 14.5 Å². The van der Waals surface area contributed by atoms with Crippen LogP contribution in [0.15, 0.2) is 41.6 Å². The van der Waals surface area contributed by atoms with Crippen molar-refractivity contribution < 1.29 is 19.7 Å². The molecule has 1 atom stereocenters. The number of methoxy groups -OCH3 is 1. The lowest BCUT2D eigenvalue weighted by atomic mass is 9.88. The van der Waals surface area contributed by atoms with Gasteiger partial charge >= 0.3 is 5.97 Å². The lowest BCUT2D eigenvalue weighted by Crippen LogP contribution is -2.29. The molecule has 3 aromatic rings. The van der Waals surface area contributed by atoms with E-state index in [1.165, 1.54) is 25.3 Å². The first-order valence-electron chi connectivity index (χ1n) is 9.27. The lowest BCUT2D eigenvalue weighted by Gasteiger charge is -2.21. The summed E-state index contributed by atoms with van der Waals surface area (Å²) in [4.78, 5) is 32.4. The van der Waals surface area contributed by atoms with Gasteiger partial charge in [0.15, 0.2) is 0 Å². The van der Waals surface area contributed by atoms with Crippen molar-refractivity contribution in [3.05, 3.63) is 74.7 Å². The molecule has 0 saturated carbocycles. The van der Waals surface area contributed by atoms with Crippen LogP contribution in [-0.4, -0.2) is 37.8 Å². The molecule has 3 N–H and O–H groups in total. The fourth-order valence-corrected chi connectivity index (χ4v) is 3.59. The number of H-pyrrole nitrogens is 1. The number of carbonyl (C=O) groups is 1. The summed E-state index contributed by atoms with van der Waals surface area (Å²) in [6.45, 7) is 2.09. The smallest absolute Gasteiger partial charge is 0.306 e. The molecule has 0 aliphatic carbocycles. The molecule has 0 aliphatic heterocycles. The van der Waals surface area contributed by atoms with Crippen molar-refractivity contribution in [2.24, 2.45) is 0 Å². The van der Waals surface area contributed by atoms with Crippen LogP contribution in [0.5, 0.6) is 11.5 Å². The fourth-order valence-electron chi connectivity index (χ4n) is 3.40. The summed E-state index contributed by atoms with van der Waals surface area (Å²) < 4.78 is 6.33. The zero-order chi connectivity index (χ0) is 21.8. The molecule has 0 aliphatic rings. The molecular formula is C21H22ClN3O5. The number of hydrogen-bond acceptors (Lipinski definition) is 6. The molecule has 0 bridgehead atoms. The average Bonchev–Trinajstić information content (AvgIpc) is 3.22. The molecule has 0 radical (unpaired) electrons.